The lowest BCUT2D eigenvalue weighted by Crippen LogP contribution is -2.64. The molecule has 6 rings (SSSR count). The molecular weight excluding hydrogens is 1190 g/mol. The third-order valence-corrected chi connectivity index (χ3v) is 19.4. The Morgan fingerprint density at radius 3 is 1.84 bits per heavy atom. The minimum absolute atomic E-state index is 0.0386. The van der Waals surface area contributed by atoms with Gasteiger partial charge in [0.1, 0.15) is 41.8 Å². The number of aryl methyl sites for hydroxylation is 1. The number of alkyl halides is 3. The van der Waals surface area contributed by atoms with Crippen LogP contribution >= 0.6 is 11.6 Å². The van der Waals surface area contributed by atoms with Gasteiger partial charge in [-0.05, 0) is 112 Å². The van der Waals surface area contributed by atoms with Crippen LogP contribution in [0.15, 0.2) is 18.2 Å². The number of benzene rings is 1. The van der Waals surface area contributed by atoms with Gasteiger partial charge in [-0.15, -0.1) is 0 Å². The van der Waals surface area contributed by atoms with Gasteiger partial charge in [-0.3, -0.25) is 52.7 Å². The number of nitrogens with zero attached hydrogens (tertiary/aromatic N) is 7. The summed E-state index contributed by atoms with van der Waals surface area (Å²) >= 11 is 6.11. The number of fused-ring (bicyclic) bond motifs is 1. The standard InChI is InChI=1S/C64H97ClF3N11O11/c1-38(2)31-48-56(84)71-54(43-21-17-22-43)61(89)75(8)36-52(82)73(6)37-53(83)77(10)49(34-41-19-13-12-14-20-41)60(88)74(7)35-50(80)70-46(27-25-42-24-26-44(45(65)33-42)64(66,67)68)59(87)79-30-18-23-47(79)57(85)72-63(28-15-16-29-63)62(90)78(11)55(39(3)4)58(86)69-40(5)32-51(81)76(48)9/h24,26,33,38-41,43,46-49,54-55H,12-23,25,27-32,34-37H2,1-11H3,(H,69,86)(H,70,80)(H,71,84)(H,72,85)/t40-,46+,47+,48+,49+,54+,55+/m1/s1. The quantitative estimate of drug-likeness (QED) is 0.258. The Bertz CT molecular complexity index is 2790. The molecule has 3 aliphatic carbocycles. The maximum atomic E-state index is 15.0. The summed E-state index contributed by atoms with van der Waals surface area (Å²) in [5.41, 5.74) is -2.24. The molecule has 90 heavy (non-hydrogen) atoms. The Balaban J connectivity index is 1.35. The van der Waals surface area contributed by atoms with E-state index in [1.165, 1.54) is 72.9 Å². The highest BCUT2D eigenvalue weighted by molar-refractivity contribution is 6.31. The summed E-state index contributed by atoms with van der Waals surface area (Å²) in [7, 11) is 8.61. The first-order valence-electron chi connectivity index (χ1n) is 32.2. The largest absolute Gasteiger partial charge is 0.417 e. The molecule has 0 bridgehead atoms. The first-order valence-corrected chi connectivity index (χ1v) is 32.5. The van der Waals surface area contributed by atoms with Gasteiger partial charge in [0.15, 0.2) is 0 Å². The van der Waals surface area contributed by atoms with E-state index in [0.29, 0.717) is 37.7 Å². The zero-order valence-electron chi connectivity index (χ0n) is 54.5. The molecule has 7 atom stereocenters. The van der Waals surface area contributed by atoms with Crippen LogP contribution in [0.1, 0.15) is 161 Å². The van der Waals surface area contributed by atoms with Crippen LogP contribution in [0, 0.1) is 23.7 Å². The van der Waals surface area contributed by atoms with Crippen molar-refractivity contribution in [1.82, 2.24) is 55.6 Å². The van der Waals surface area contributed by atoms with Gasteiger partial charge in [0.25, 0.3) is 0 Å². The van der Waals surface area contributed by atoms with E-state index in [9.17, 15) is 65.9 Å². The van der Waals surface area contributed by atoms with Crippen molar-refractivity contribution in [3.05, 3.63) is 34.3 Å². The zero-order valence-corrected chi connectivity index (χ0v) is 55.2. The molecule has 5 aliphatic rings. The van der Waals surface area contributed by atoms with Crippen molar-refractivity contribution in [2.75, 3.05) is 68.5 Å². The van der Waals surface area contributed by atoms with Crippen molar-refractivity contribution in [2.45, 2.75) is 211 Å². The van der Waals surface area contributed by atoms with Crippen molar-refractivity contribution in [3.8, 4) is 0 Å². The number of carbonyl (C=O) groups is 11. The highest BCUT2D eigenvalue weighted by atomic mass is 35.5. The number of carbonyl (C=O) groups excluding carboxylic acids is 11. The highest BCUT2D eigenvalue weighted by Gasteiger charge is 2.50. The molecule has 1 aromatic rings. The number of nitrogens with one attached hydrogen (secondary N) is 4. The molecule has 2 saturated heterocycles. The van der Waals surface area contributed by atoms with E-state index in [2.05, 4.69) is 21.3 Å². The lowest BCUT2D eigenvalue weighted by molar-refractivity contribution is -0.149. The van der Waals surface area contributed by atoms with E-state index in [1.54, 1.807) is 20.8 Å². The lowest BCUT2D eigenvalue weighted by Gasteiger charge is -2.39. The summed E-state index contributed by atoms with van der Waals surface area (Å²) in [5, 5.41) is 11.0. The normalized spacial score (nSPS) is 26.9. The molecule has 26 heteroatoms. The van der Waals surface area contributed by atoms with Crippen molar-refractivity contribution in [1.29, 1.82) is 0 Å². The predicted octanol–water partition coefficient (Wildman–Crippen LogP) is 4.92. The van der Waals surface area contributed by atoms with Gasteiger partial charge >= 0.3 is 6.18 Å². The average Bonchev–Trinajstić information content (AvgIpc) is 1.52. The molecular formula is C64H97ClF3N11O11. The van der Waals surface area contributed by atoms with Crippen LogP contribution in [0.2, 0.25) is 5.02 Å². The average molecular weight is 1290 g/mol. The molecule has 1 spiro atoms. The van der Waals surface area contributed by atoms with E-state index in [1.807, 2.05) is 13.8 Å². The van der Waals surface area contributed by atoms with Gasteiger partial charge in [-0.2, -0.15) is 13.2 Å². The Hall–Kier alpha value is -6.53. The van der Waals surface area contributed by atoms with Crippen LogP contribution in [-0.4, -0.2) is 216 Å². The van der Waals surface area contributed by atoms with Crippen molar-refractivity contribution >= 4 is 76.6 Å². The molecule has 11 amide bonds. The second-order valence-corrected chi connectivity index (χ2v) is 27.3. The lowest BCUT2D eigenvalue weighted by atomic mass is 9.79. The summed E-state index contributed by atoms with van der Waals surface area (Å²) in [6.07, 6.45) is 3.75. The van der Waals surface area contributed by atoms with Crippen molar-refractivity contribution in [2.24, 2.45) is 23.7 Å². The third-order valence-electron chi connectivity index (χ3n) is 19.0. The summed E-state index contributed by atoms with van der Waals surface area (Å²) in [6.45, 7) is 7.42. The van der Waals surface area contributed by atoms with E-state index < -0.39 is 155 Å². The molecule has 0 aromatic heterocycles. The van der Waals surface area contributed by atoms with E-state index in [0.717, 1.165) is 60.5 Å². The van der Waals surface area contributed by atoms with Crippen LogP contribution in [0.3, 0.4) is 0 Å². The molecule has 0 unspecified atom stereocenters. The smallest absolute Gasteiger partial charge is 0.351 e. The van der Waals surface area contributed by atoms with Crippen LogP contribution < -0.4 is 21.3 Å². The van der Waals surface area contributed by atoms with E-state index in [4.69, 9.17) is 11.6 Å². The number of hydrogen-bond donors (Lipinski definition) is 4. The summed E-state index contributed by atoms with van der Waals surface area (Å²) in [6, 6.07) is -4.44. The molecule has 22 nitrogen and oxygen atoms in total. The third kappa shape index (κ3) is 18.4. The maximum Gasteiger partial charge on any atom is 0.417 e. The summed E-state index contributed by atoms with van der Waals surface area (Å²) in [5.74, 6) is -7.45. The number of likely N-dealkylation sites (N-methyl/N-ethyl adjacent to an activating group) is 6. The fraction of sp³-hybridized carbons (Fsp3) is 0.734. The van der Waals surface area contributed by atoms with Gasteiger partial charge < -0.3 is 55.6 Å². The van der Waals surface area contributed by atoms with Crippen molar-refractivity contribution < 1.29 is 65.9 Å². The first-order chi connectivity index (χ1) is 42.2. The first kappa shape index (κ1) is 72.5. The molecule has 3 saturated carbocycles. The highest BCUT2D eigenvalue weighted by Crippen LogP contribution is 2.37. The van der Waals surface area contributed by atoms with Gasteiger partial charge in [-0.25, -0.2) is 0 Å². The predicted molar refractivity (Wildman–Crippen MR) is 330 cm³/mol. The molecule has 502 valence electrons. The number of rotatable bonds is 9. The second kappa shape index (κ2) is 31.7. The fourth-order valence-corrected chi connectivity index (χ4v) is 13.8. The zero-order chi connectivity index (χ0) is 66.7. The minimum Gasteiger partial charge on any atom is -0.351 e. The SMILES string of the molecule is CC(C)C[C@H]1C(=O)N[C@@H](C2CCC2)C(=O)N(C)CC(=O)N(C)CC(=O)N(C)[C@@H](CC2CCCCC2)C(=O)N(C)CC(=O)N[C@@H](CCc2ccc(C(F)(F)F)c(Cl)c2)C(=O)N2CCC[C@H]2C(=O)NC2(CCCC2)C(=O)N(C)[C@@H](C(C)C)C(=O)N[C@H](C)CC(=O)N1C. The maximum absolute atomic E-state index is 15.0. The topological polar surface area (TPSA) is 259 Å². The van der Waals surface area contributed by atoms with Crippen LogP contribution in [-0.2, 0) is 65.3 Å². The van der Waals surface area contributed by atoms with Gasteiger partial charge in [0, 0.05) is 61.3 Å². The Morgan fingerprint density at radius 2 is 1.26 bits per heavy atom. The Morgan fingerprint density at radius 1 is 0.633 bits per heavy atom. The van der Waals surface area contributed by atoms with Gasteiger partial charge in [0.2, 0.25) is 65.0 Å². The molecule has 4 N–H and O–H groups in total. The Kier molecular flexibility index (Phi) is 25.5. The molecule has 2 heterocycles. The van der Waals surface area contributed by atoms with Crippen LogP contribution in [0.4, 0.5) is 13.2 Å². The fourth-order valence-electron chi connectivity index (χ4n) is 13.5. The summed E-state index contributed by atoms with van der Waals surface area (Å²) in [4.78, 5) is 168. The Labute approximate surface area is 533 Å². The van der Waals surface area contributed by atoms with Crippen LogP contribution in [0.25, 0.3) is 0 Å². The molecule has 5 fully saturated rings. The second-order valence-electron chi connectivity index (χ2n) is 26.9. The number of amides is 11. The number of halogens is 4. The van der Waals surface area contributed by atoms with Gasteiger partial charge in [-0.1, -0.05) is 96.7 Å². The van der Waals surface area contributed by atoms with E-state index >= 15 is 0 Å². The number of hydrogen-bond acceptors (Lipinski definition) is 11. The minimum atomic E-state index is -4.74. The van der Waals surface area contributed by atoms with Gasteiger partial charge in [0.05, 0.1) is 30.2 Å². The summed E-state index contributed by atoms with van der Waals surface area (Å²) < 4.78 is 41.3. The molecule has 0 radical (unpaired) electrons. The van der Waals surface area contributed by atoms with E-state index in [-0.39, 0.29) is 75.7 Å². The van der Waals surface area contributed by atoms with Crippen LogP contribution in [0.5, 0.6) is 0 Å². The molecule has 2 aliphatic heterocycles. The monoisotopic (exact) mass is 1290 g/mol. The molecule has 1 aromatic carbocycles. The van der Waals surface area contributed by atoms with Crippen molar-refractivity contribution in [3.63, 3.8) is 0 Å².